The maximum Gasteiger partial charge on any atom is 0.0690 e. The fourth-order valence-corrected chi connectivity index (χ4v) is 1.62. The Balaban J connectivity index is 2.30. The molecule has 0 aromatic carbocycles. The summed E-state index contributed by atoms with van der Waals surface area (Å²) in [5.74, 6) is 0.351. The van der Waals surface area contributed by atoms with Crippen LogP contribution in [0.1, 0.15) is 32.9 Å². The van der Waals surface area contributed by atoms with Crippen molar-refractivity contribution in [3.05, 3.63) is 18.0 Å². The van der Waals surface area contributed by atoms with Gasteiger partial charge < -0.3 is 10.4 Å². The third kappa shape index (κ3) is 3.61. The van der Waals surface area contributed by atoms with Crippen molar-refractivity contribution in [3.8, 4) is 0 Å². The molecule has 0 fully saturated rings. The SMILES string of the molecule is CCC(C)C(O)CNCc1ccnn1CC. The summed E-state index contributed by atoms with van der Waals surface area (Å²) in [4.78, 5) is 0. The minimum atomic E-state index is -0.261. The molecule has 92 valence electrons. The molecule has 4 heteroatoms. The van der Waals surface area contributed by atoms with Crippen LogP contribution in [0, 0.1) is 5.92 Å². The molecule has 0 aliphatic carbocycles. The summed E-state index contributed by atoms with van der Waals surface area (Å²) in [5, 5.41) is 17.3. The second kappa shape index (κ2) is 6.66. The lowest BCUT2D eigenvalue weighted by atomic mass is 10.0. The van der Waals surface area contributed by atoms with Crippen molar-refractivity contribution in [1.29, 1.82) is 0 Å². The molecular formula is C12H23N3O. The molecule has 0 amide bonds. The van der Waals surface area contributed by atoms with Crippen molar-refractivity contribution in [2.24, 2.45) is 5.92 Å². The smallest absolute Gasteiger partial charge is 0.0690 e. The van der Waals surface area contributed by atoms with Crippen LogP contribution in [0.2, 0.25) is 0 Å². The van der Waals surface area contributed by atoms with E-state index in [1.165, 1.54) is 5.69 Å². The van der Waals surface area contributed by atoms with E-state index in [0.29, 0.717) is 12.5 Å². The van der Waals surface area contributed by atoms with E-state index >= 15 is 0 Å². The summed E-state index contributed by atoms with van der Waals surface area (Å²) in [6, 6.07) is 2.01. The molecule has 2 N–H and O–H groups in total. The number of hydrogen-bond acceptors (Lipinski definition) is 3. The van der Waals surface area contributed by atoms with Crippen LogP contribution in [0.15, 0.2) is 12.3 Å². The zero-order chi connectivity index (χ0) is 12.0. The summed E-state index contributed by atoms with van der Waals surface area (Å²) in [6.07, 6.45) is 2.56. The van der Waals surface area contributed by atoms with Crippen molar-refractivity contribution < 1.29 is 5.11 Å². The zero-order valence-corrected chi connectivity index (χ0v) is 10.5. The van der Waals surface area contributed by atoms with Crippen LogP contribution >= 0.6 is 0 Å². The molecule has 2 atom stereocenters. The summed E-state index contributed by atoms with van der Waals surface area (Å²) in [7, 11) is 0. The predicted molar refractivity (Wildman–Crippen MR) is 65.1 cm³/mol. The Morgan fingerprint density at radius 3 is 2.88 bits per heavy atom. The van der Waals surface area contributed by atoms with Crippen molar-refractivity contribution in [1.82, 2.24) is 15.1 Å². The van der Waals surface area contributed by atoms with E-state index in [1.807, 2.05) is 16.9 Å². The van der Waals surface area contributed by atoms with E-state index in [1.54, 1.807) is 0 Å². The highest BCUT2D eigenvalue weighted by Crippen LogP contribution is 2.06. The quantitative estimate of drug-likeness (QED) is 0.737. The van der Waals surface area contributed by atoms with Gasteiger partial charge in [0, 0.05) is 25.8 Å². The molecule has 0 saturated heterocycles. The first-order chi connectivity index (χ1) is 7.69. The molecule has 1 aromatic heterocycles. The summed E-state index contributed by atoms with van der Waals surface area (Å²) in [6.45, 7) is 8.54. The molecular weight excluding hydrogens is 202 g/mol. The number of hydrogen-bond donors (Lipinski definition) is 2. The van der Waals surface area contributed by atoms with Crippen LogP contribution in [0.25, 0.3) is 0 Å². The van der Waals surface area contributed by atoms with Crippen LogP contribution in [0.3, 0.4) is 0 Å². The van der Waals surface area contributed by atoms with Crippen molar-refractivity contribution in [2.45, 2.75) is 46.4 Å². The Bertz CT molecular complexity index is 298. The fraction of sp³-hybridized carbons (Fsp3) is 0.750. The van der Waals surface area contributed by atoms with E-state index in [4.69, 9.17) is 0 Å². The molecule has 1 aromatic rings. The number of rotatable bonds is 7. The number of aliphatic hydroxyl groups excluding tert-OH is 1. The molecule has 4 nitrogen and oxygen atoms in total. The number of nitrogens with one attached hydrogen (secondary N) is 1. The number of nitrogens with zero attached hydrogens (tertiary/aromatic N) is 2. The van der Waals surface area contributed by atoms with Gasteiger partial charge >= 0.3 is 0 Å². The minimum Gasteiger partial charge on any atom is -0.392 e. The Morgan fingerprint density at radius 1 is 1.50 bits per heavy atom. The van der Waals surface area contributed by atoms with Gasteiger partial charge in [-0.3, -0.25) is 4.68 Å². The van der Waals surface area contributed by atoms with E-state index in [9.17, 15) is 5.11 Å². The molecule has 0 radical (unpaired) electrons. The number of aliphatic hydroxyl groups is 1. The summed E-state index contributed by atoms with van der Waals surface area (Å²) < 4.78 is 1.96. The fourth-order valence-electron chi connectivity index (χ4n) is 1.62. The van der Waals surface area contributed by atoms with Crippen LogP contribution in [0.5, 0.6) is 0 Å². The van der Waals surface area contributed by atoms with Gasteiger partial charge in [-0.05, 0) is 18.9 Å². The first-order valence-corrected chi connectivity index (χ1v) is 6.08. The average Bonchev–Trinajstić information content (AvgIpc) is 2.75. The van der Waals surface area contributed by atoms with Gasteiger partial charge in [-0.25, -0.2) is 0 Å². The second-order valence-corrected chi connectivity index (χ2v) is 4.22. The highest BCUT2D eigenvalue weighted by atomic mass is 16.3. The molecule has 0 aliphatic heterocycles. The Hall–Kier alpha value is -0.870. The monoisotopic (exact) mass is 225 g/mol. The van der Waals surface area contributed by atoms with Gasteiger partial charge in [0.15, 0.2) is 0 Å². The normalized spacial score (nSPS) is 15.0. The lowest BCUT2D eigenvalue weighted by Crippen LogP contribution is -2.31. The molecule has 0 spiro atoms. The highest BCUT2D eigenvalue weighted by Gasteiger charge is 2.11. The van der Waals surface area contributed by atoms with Crippen molar-refractivity contribution in [2.75, 3.05) is 6.54 Å². The van der Waals surface area contributed by atoms with Crippen molar-refractivity contribution >= 4 is 0 Å². The lowest BCUT2D eigenvalue weighted by Gasteiger charge is -2.17. The maximum absolute atomic E-state index is 9.79. The van der Waals surface area contributed by atoms with Gasteiger partial charge in [-0.15, -0.1) is 0 Å². The largest absolute Gasteiger partial charge is 0.392 e. The van der Waals surface area contributed by atoms with Crippen LogP contribution in [-0.4, -0.2) is 27.5 Å². The van der Waals surface area contributed by atoms with E-state index in [0.717, 1.165) is 19.5 Å². The molecule has 0 aliphatic rings. The third-order valence-corrected chi connectivity index (χ3v) is 3.06. The number of aromatic nitrogens is 2. The van der Waals surface area contributed by atoms with Gasteiger partial charge in [0.1, 0.15) is 0 Å². The summed E-state index contributed by atoms with van der Waals surface area (Å²) >= 11 is 0. The maximum atomic E-state index is 9.79. The Kier molecular flexibility index (Phi) is 5.49. The van der Waals surface area contributed by atoms with Crippen LogP contribution in [0.4, 0.5) is 0 Å². The molecule has 2 unspecified atom stereocenters. The first kappa shape index (κ1) is 13.2. The van der Waals surface area contributed by atoms with E-state index in [2.05, 4.69) is 31.2 Å². The zero-order valence-electron chi connectivity index (χ0n) is 10.5. The molecule has 0 bridgehead atoms. The first-order valence-electron chi connectivity index (χ1n) is 6.08. The van der Waals surface area contributed by atoms with Gasteiger partial charge in [0.05, 0.1) is 11.8 Å². The molecule has 16 heavy (non-hydrogen) atoms. The number of aryl methyl sites for hydroxylation is 1. The standard InChI is InChI=1S/C12H23N3O/c1-4-10(3)12(16)9-13-8-11-6-7-14-15(11)5-2/h6-7,10,12-13,16H,4-5,8-9H2,1-3H3. The highest BCUT2D eigenvalue weighted by molar-refractivity contribution is 4.99. The topological polar surface area (TPSA) is 50.1 Å². The van der Waals surface area contributed by atoms with Gasteiger partial charge in [0.25, 0.3) is 0 Å². The Labute approximate surface area is 97.7 Å². The van der Waals surface area contributed by atoms with Crippen LogP contribution < -0.4 is 5.32 Å². The molecule has 0 saturated carbocycles. The predicted octanol–water partition coefficient (Wildman–Crippen LogP) is 1.40. The van der Waals surface area contributed by atoms with E-state index in [-0.39, 0.29) is 6.10 Å². The lowest BCUT2D eigenvalue weighted by molar-refractivity contribution is 0.112. The van der Waals surface area contributed by atoms with Crippen LogP contribution in [-0.2, 0) is 13.1 Å². The van der Waals surface area contributed by atoms with Gasteiger partial charge in [-0.1, -0.05) is 20.3 Å². The molecule has 1 rings (SSSR count). The third-order valence-electron chi connectivity index (χ3n) is 3.06. The minimum absolute atomic E-state index is 0.261. The second-order valence-electron chi connectivity index (χ2n) is 4.22. The summed E-state index contributed by atoms with van der Waals surface area (Å²) in [5.41, 5.74) is 1.17. The molecule has 1 heterocycles. The van der Waals surface area contributed by atoms with Crippen molar-refractivity contribution in [3.63, 3.8) is 0 Å². The van der Waals surface area contributed by atoms with Gasteiger partial charge in [-0.2, -0.15) is 5.10 Å². The van der Waals surface area contributed by atoms with Gasteiger partial charge in [0.2, 0.25) is 0 Å². The van der Waals surface area contributed by atoms with E-state index < -0.39 is 0 Å². The Morgan fingerprint density at radius 2 is 2.25 bits per heavy atom. The average molecular weight is 225 g/mol.